The van der Waals surface area contributed by atoms with Gasteiger partial charge in [-0.3, -0.25) is 4.79 Å². The summed E-state index contributed by atoms with van der Waals surface area (Å²) in [4.78, 5) is 25.6. The molecule has 2 atom stereocenters. The minimum Gasteiger partial charge on any atom is -0.370 e. The fourth-order valence-electron chi connectivity index (χ4n) is 3.51. The first kappa shape index (κ1) is 16.5. The van der Waals surface area contributed by atoms with Crippen molar-refractivity contribution in [2.45, 2.75) is 77.9 Å². The van der Waals surface area contributed by atoms with Gasteiger partial charge in [-0.05, 0) is 39.0 Å². The number of rotatable bonds is 3. The molecular weight excluding hydrogens is 266 g/mol. The van der Waals surface area contributed by atoms with Gasteiger partial charge in [0, 0.05) is 24.9 Å². The highest BCUT2D eigenvalue weighted by atomic mass is 16.5. The average molecular weight is 295 g/mol. The van der Waals surface area contributed by atoms with Crippen molar-refractivity contribution < 1.29 is 14.3 Å². The Balaban J connectivity index is 1.95. The van der Waals surface area contributed by atoms with E-state index in [9.17, 15) is 9.59 Å². The molecular formula is C17H29NO3. The highest BCUT2D eigenvalue weighted by Crippen LogP contribution is 2.39. The molecule has 2 heterocycles. The van der Waals surface area contributed by atoms with Gasteiger partial charge < -0.3 is 14.4 Å². The maximum Gasteiger partial charge on any atom is 0.228 e. The third-order valence-electron chi connectivity index (χ3n) is 4.63. The summed E-state index contributed by atoms with van der Waals surface area (Å²) in [5.74, 6) is 0.449. The number of Topliss-reactive ketones (excluding diaryl/α,β-unsaturated/α-hetero) is 1. The number of ether oxygens (including phenoxy) is 1. The molecule has 0 aliphatic carbocycles. The fourth-order valence-corrected chi connectivity index (χ4v) is 3.51. The SMILES string of the molecule is CC(=O)CC[C@@H]1CC[C@]2(CCCN(C(=O)C(C)(C)C)C2)O1. The lowest BCUT2D eigenvalue weighted by atomic mass is 9.87. The van der Waals surface area contributed by atoms with Gasteiger partial charge in [0.25, 0.3) is 0 Å². The van der Waals surface area contributed by atoms with Gasteiger partial charge in [0.1, 0.15) is 5.78 Å². The molecule has 0 N–H and O–H groups in total. The van der Waals surface area contributed by atoms with Gasteiger partial charge in [-0.1, -0.05) is 20.8 Å². The first-order valence-corrected chi connectivity index (χ1v) is 8.18. The number of piperidine rings is 1. The van der Waals surface area contributed by atoms with E-state index < -0.39 is 0 Å². The monoisotopic (exact) mass is 295 g/mol. The van der Waals surface area contributed by atoms with E-state index in [0.29, 0.717) is 6.42 Å². The van der Waals surface area contributed by atoms with Gasteiger partial charge in [0.05, 0.1) is 11.7 Å². The summed E-state index contributed by atoms with van der Waals surface area (Å²) in [5, 5.41) is 0. The molecule has 4 nitrogen and oxygen atoms in total. The zero-order chi connectivity index (χ0) is 15.7. The Hall–Kier alpha value is -0.900. The van der Waals surface area contributed by atoms with Crippen LogP contribution in [0.3, 0.4) is 0 Å². The molecule has 2 fully saturated rings. The van der Waals surface area contributed by atoms with E-state index in [1.54, 1.807) is 6.92 Å². The molecule has 2 aliphatic heterocycles. The predicted octanol–water partition coefficient (Wildman–Crippen LogP) is 2.94. The lowest BCUT2D eigenvalue weighted by Gasteiger charge is -2.42. The van der Waals surface area contributed by atoms with Crippen LogP contribution < -0.4 is 0 Å². The molecule has 2 aliphatic rings. The van der Waals surface area contributed by atoms with E-state index in [-0.39, 0.29) is 28.8 Å². The highest BCUT2D eigenvalue weighted by molar-refractivity contribution is 5.81. The molecule has 0 bridgehead atoms. The number of ketones is 1. The number of carbonyl (C=O) groups is 2. The van der Waals surface area contributed by atoms with Crippen LogP contribution in [-0.2, 0) is 14.3 Å². The summed E-state index contributed by atoms with van der Waals surface area (Å²) in [6.07, 6.45) is 5.71. The van der Waals surface area contributed by atoms with E-state index in [1.165, 1.54) is 0 Å². The Bertz CT molecular complexity index is 413. The van der Waals surface area contributed by atoms with Gasteiger partial charge in [-0.2, -0.15) is 0 Å². The molecule has 0 radical (unpaired) electrons. The molecule has 21 heavy (non-hydrogen) atoms. The van der Waals surface area contributed by atoms with Crippen molar-refractivity contribution in [3.05, 3.63) is 0 Å². The number of carbonyl (C=O) groups excluding carboxylic acids is 2. The van der Waals surface area contributed by atoms with Crippen LogP contribution in [0.5, 0.6) is 0 Å². The van der Waals surface area contributed by atoms with Crippen LogP contribution >= 0.6 is 0 Å². The Kier molecular flexibility index (Phi) is 4.76. The molecule has 0 aromatic heterocycles. The third kappa shape index (κ3) is 4.06. The number of hydrogen-bond acceptors (Lipinski definition) is 3. The zero-order valence-electron chi connectivity index (χ0n) is 13.9. The first-order chi connectivity index (χ1) is 9.72. The normalized spacial score (nSPS) is 29.9. The lowest BCUT2D eigenvalue weighted by molar-refractivity contribution is -0.150. The molecule has 2 saturated heterocycles. The largest absolute Gasteiger partial charge is 0.370 e. The smallest absolute Gasteiger partial charge is 0.228 e. The molecule has 0 aromatic rings. The molecule has 0 aromatic carbocycles. The number of hydrogen-bond donors (Lipinski definition) is 0. The van der Waals surface area contributed by atoms with Crippen LogP contribution in [0.1, 0.15) is 66.2 Å². The minimum atomic E-state index is -0.328. The van der Waals surface area contributed by atoms with Crippen LogP contribution in [0.4, 0.5) is 0 Å². The fraction of sp³-hybridized carbons (Fsp3) is 0.882. The third-order valence-corrected chi connectivity index (χ3v) is 4.63. The van der Waals surface area contributed by atoms with Crippen molar-refractivity contribution in [2.75, 3.05) is 13.1 Å². The van der Waals surface area contributed by atoms with Crippen LogP contribution in [-0.4, -0.2) is 41.4 Å². The predicted molar refractivity (Wildman–Crippen MR) is 82.0 cm³/mol. The summed E-state index contributed by atoms with van der Waals surface area (Å²) in [6.45, 7) is 9.12. The summed E-state index contributed by atoms with van der Waals surface area (Å²) >= 11 is 0. The van der Waals surface area contributed by atoms with Crippen molar-refractivity contribution in [2.24, 2.45) is 5.41 Å². The molecule has 1 spiro atoms. The summed E-state index contributed by atoms with van der Waals surface area (Å²) < 4.78 is 6.29. The number of amides is 1. The minimum absolute atomic E-state index is 0.152. The summed E-state index contributed by atoms with van der Waals surface area (Å²) in [6, 6.07) is 0. The van der Waals surface area contributed by atoms with Crippen molar-refractivity contribution in [1.82, 2.24) is 4.90 Å². The maximum absolute atomic E-state index is 12.5. The number of likely N-dealkylation sites (tertiary alicyclic amines) is 1. The van der Waals surface area contributed by atoms with Crippen LogP contribution in [0, 0.1) is 5.41 Å². The highest BCUT2D eigenvalue weighted by Gasteiger charge is 2.45. The van der Waals surface area contributed by atoms with E-state index >= 15 is 0 Å². The Morgan fingerprint density at radius 3 is 2.62 bits per heavy atom. The standard InChI is InChI=1S/C17H29NO3/c1-13(19)6-7-14-8-10-17(21-14)9-5-11-18(12-17)15(20)16(2,3)4/h14H,5-12H2,1-4H3/t14-,17+/m1/s1. The second-order valence-corrected chi connectivity index (χ2v) is 7.78. The Morgan fingerprint density at radius 2 is 2.00 bits per heavy atom. The second kappa shape index (κ2) is 6.07. The van der Waals surface area contributed by atoms with Gasteiger partial charge in [0.2, 0.25) is 5.91 Å². The maximum atomic E-state index is 12.5. The molecule has 1 amide bonds. The van der Waals surface area contributed by atoms with Crippen molar-refractivity contribution >= 4 is 11.7 Å². The summed E-state index contributed by atoms with van der Waals surface area (Å²) in [7, 11) is 0. The van der Waals surface area contributed by atoms with Crippen LogP contribution in [0.2, 0.25) is 0 Å². The van der Waals surface area contributed by atoms with Crippen LogP contribution in [0.25, 0.3) is 0 Å². The van der Waals surface area contributed by atoms with Gasteiger partial charge in [-0.15, -0.1) is 0 Å². The van der Waals surface area contributed by atoms with E-state index in [4.69, 9.17) is 4.74 Å². The topological polar surface area (TPSA) is 46.6 Å². The van der Waals surface area contributed by atoms with Crippen molar-refractivity contribution in [1.29, 1.82) is 0 Å². The first-order valence-electron chi connectivity index (χ1n) is 8.18. The second-order valence-electron chi connectivity index (χ2n) is 7.78. The zero-order valence-corrected chi connectivity index (χ0v) is 13.9. The Morgan fingerprint density at radius 1 is 1.29 bits per heavy atom. The molecule has 0 saturated carbocycles. The Labute approximate surface area is 128 Å². The van der Waals surface area contributed by atoms with Crippen molar-refractivity contribution in [3.63, 3.8) is 0 Å². The van der Waals surface area contributed by atoms with E-state index in [0.717, 1.165) is 45.2 Å². The quantitative estimate of drug-likeness (QED) is 0.804. The average Bonchev–Trinajstić information content (AvgIpc) is 2.77. The molecule has 0 unspecified atom stereocenters. The summed E-state index contributed by atoms with van der Waals surface area (Å²) in [5.41, 5.74) is -0.480. The van der Waals surface area contributed by atoms with Gasteiger partial charge in [-0.25, -0.2) is 0 Å². The van der Waals surface area contributed by atoms with Gasteiger partial charge in [0.15, 0.2) is 0 Å². The number of nitrogens with zero attached hydrogens (tertiary/aromatic N) is 1. The van der Waals surface area contributed by atoms with Gasteiger partial charge >= 0.3 is 0 Å². The van der Waals surface area contributed by atoms with E-state index in [2.05, 4.69) is 0 Å². The van der Waals surface area contributed by atoms with E-state index in [1.807, 2.05) is 25.7 Å². The molecule has 2 rings (SSSR count). The van der Waals surface area contributed by atoms with Crippen LogP contribution in [0.15, 0.2) is 0 Å². The van der Waals surface area contributed by atoms with Crippen molar-refractivity contribution in [3.8, 4) is 0 Å². The lowest BCUT2D eigenvalue weighted by Crippen LogP contribution is -2.53. The molecule has 4 heteroatoms. The molecule has 120 valence electrons.